The van der Waals surface area contributed by atoms with Crippen molar-refractivity contribution in [3.63, 3.8) is 0 Å². The normalized spacial score (nSPS) is 12.6. The molecule has 0 aromatic carbocycles. The third kappa shape index (κ3) is 1.94. The Hall–Kier alpha value is -1.75. The largest absolute Gasteiger partial charge is 0.307 e. The van der Waals surface area contributed by atoms with Crippen molar-refractivity contribution in [1.29, 1.82) is 0 Å². The molecule has 2 heterocycles. The second-order valence-electron chi connectivity index (χ2n) is 3.42. The number of rotatable bonds is 4. The molecular formula is C11H15N5. The van der Waals surface area contributed by atoms with E-state index in [1.165, 1.54) is 0 Å². The van der Waals surface area contributed by atoms with Crippen LogP contribution >= 0.6 is 0 Å². The summed E-state index contributed by atoms with van der Waals surface area (Å²) in [6.45, 7) is 2.92. The van der Waals surface area contributed by atoms with Crippen LogP contribution in [0, 0.1) is 0 Å². The van der Waals surface area contributed by atoms with Crippen LogP contribution in [0.4, 0.5) is 0 Å². The predicted octanol–water partition coefficient (Wildman–Crippen LogP) is 1.00. The van der Waals surface area contributed by atoms with Crippen molar-refractivity contribution in [1.82, 2.24) is 25.1 Å². The Morgan fingerprint density at radius 3 is 2.88 bits per heavy atom. The summed E-state index contributed by atoms with van der Waals surface area (Å²) in [5.74, 6) is 0. The summed E-state index contributed by atoms with van der Waals surface area (Å²) in [7, 11) is 1.91. The maximum atomic E-state index is 4.32. The van der Waals surface area contributed by atoms with E-state index in [1.807, 2.05) is 17.8 Å². The number of hydrogen-bond acceptors (Lipinski definition) is 4. The summed E-state index contributed by atoms with van der Waals surface area (Å²) in [5, 5.41) is 7.49. The van der Waals surface area contributed by atoms with Crippen LogP contribution < -0.4 is 5.32 Å². The minimum absolute atomic E-state index is 0.0381. The van der Waals surface area contributed by atoms with Crippen LogP contribution in [0.3, 0.4) is 0 Å². The van der Waals surface area contributed by atoms with Crippen molar-refractivity contribution in [2.75, 3.05) is 7.05 Å². The lowest BCUT2D eigenvalue weighted by Crippen LogP contribution is -2.22. The number of hydrogen-bond donors (Lipinski definition) is 1. The molecule has 0 saturated carbocycles. The molecule has 5 nitrogen and oxygen atoms in total. The highest BCUT2D eigenvalue weighted by molar-refractivity contribution is 5.19. The van der Waals surface area contributed by atoms with E-state index in [1.54, 1.807) is 24.8 Å². The third-order valence-corrected chi connectivity index (χ3v) is 2.51. The fraction of sp³-hybridized carbons (Fsp3) is 0.364. The Morgan fingerprint density at radius 1 is 1.38 bits per heavy atom. The van der Waals surface area contributed by atoms with Gasteiger partial charge in [-0.05, 0) is 20.0 Å². The molecule has 0 aliphatic rings. The Bertz CT molecular complexity index is 437. The fourth-order valence-corrected chi connectivity index (χ4v) is 1.76. The minimum Gasteiger partial charge on any atom is -0.307 e. The first-order chi connectivity index (χ1) is 7.86. The van der Waals surface area contributed by atoms with Crippen molar-refractivity contribution in [3.8, 4) is 0 Å². The zero-order chi connectivity index (χ0) is 11.4. The molecular weight excluding hydrogens is 202 g/mol. The first kappa shape index (κ1) is 10.8. The van der Waals surface area contributed by atoms with E-state index in [0.717, 1.165) is 17.9 Å². The molecule has 2 aromatic rings. The summed E-state index contributed by atoms with van der Waals surface area (Å²) < 4.78 is 1.95. The molecule has 0 bridgehead atoms. The van der Waals surface area contributed by atoms with Crippen molar-refractivity contribution < 1.29 is 0 Å². The van der Waals surface area contributed by atoms with E-state index in [0.29, 0.717) is 0 Å². The zero-order valence-corrected chi connectivity index (χ0v) is 9.46. The zero-order valence-electron chi connectivity index (χ0n) is 9.46. The summed E-state index contributed by atoms with van der Waals surface area (Å²) in [4.78, 5) is 8.40. The van der Waals surface area contributed by atoms with Gasteiger partial charge in [0.05, 0.1) is 23.6 Å². The Balaban J connectivity index is 2.37. The van der Waals surface area contributed by atoms with Gasteiger partial charge in [0.2, 0.25) is 0 Å². The van der Waals surface area contributed by atoms with Gasteiger partial charge in [-0.2, -0.15) is 5.10 Å². The standard InChI is InChI=1S/C11H15N5/c1-3-16-10(4-5-15-16)11(12-2)9-8-13-6-7-14-9/h4-8,11-12H,3H2,1-2H3. The smallest absolute Gasteiger partial charge is 0.0935 e. The third-order valence-electron chi connectivity index (χ3n) is 2.51. The lowest BCUT2D eigenvalue weighted by atomic mass is 10.1. The van der Waals surface area contributed by atoms with Gasteiger partial charge in [0.1, 0.15) is 0 Å². The highest BCUT2D eigenvalue weighted by Crippen LogP contribution is 2.18. The molecule has 1 unspecified atom stereocenters. The average Bonchev–Trinajstić information content (AvgIpc) is 2.80. The van der Waals surface area contributed by atoms with E-state index in [9.17, 15) is 0 Å². The molecule has 84 valence electrons. The quantitative estimate of drug-likeness (QED) is 0.830. The van der Waals surface area contributed by atoms with Crippen molar-refractivity contribution >= 4 is 0 Å². The molecule has 0 radical (unpaired) electrons. The van der Waals surface area contributed by atoms with Gasteiger partial charge in [0.15, 0.2) is 0 Å². The van der Waals surface area contributed by atoms with E-state index in [-0.39, 0.29) is 6.04 Å². The summed E-state index contributed by atoms with van der Waals surface area (Å²) in [6, 6.07) is 2.04. The first-order valence-electron chi connectivity index (χ1n) is 5.31. The number of aromatic nitrogens is 4. The molecule has 5 heteroatoms. The van der Waals surface area contributed by atoms with E-state index >= 15 is 0 Å². The van der Waals surface area contributed by atoms with Crippen molar-refractivity contribution in [2.24, 2.45) is 0 Å². The highest BCUT2D eigenvalue weighted by atomic mass is 15.3. The summed E-state index contributed by atoms with van der Waals surface area (Å²) >= 11 is 0. The molecule has 0 saturated heterocycles. The van der Waals surface area contributed by atoms with Gasteiger partial charge in [-0.25, -0.2) is 0 Å². The topological polar surface area (TPSA) is 55.6 Å². The van der Waals surface area contributed by atoms with Crippen LogP contribution in [-0.4, -0.2) is 26.8 Å². The predicted molar refractivity (Wildman–Crippen MR) is 60.8 cm³/mol. The van der Waals surface area contributed by atoms with Gasteiger partial charge in [-0.1, -0.05) is 0 Å². The number of aryl methyl sites for hydroxylation is 1. The van der Waals surface area contributed by atoms with Gasteiger partial charge < -0.3 is 5.32 Å². The van der Waals surface area contributed by atoms with Crippen LogP contribution in [0.15, 0.2) is 30.9 Å². The summed E-state index contributed by atoms with van der Waals surface area (Å²) in [6.07, 6.45) is 6.95. The lowest BCUT2D eigenvalue weighted by molar-refractivity contribution is 0.554. The van der Waals surface area contributed by atoms with Crippen molar-refractivity contribution in [2.45, 2.75) is 19.5 Å². The molecule has 16 heavy (non-hydrogen) atoms. The molecule has 0 aliphatic heterocycles. The highest BCUT2D eigenvalue weighted by Gasteiger charge is 2.17. The monoisotopic (exact) mass is 217 g/mol. The SMILES string of the molecule is CCn1nccc1C(NC)c1cnccn1. The molecule has 1 atom stereocenters. The van der Waals surface area contributed by atoms with Gasteiger partial charge in [-0.3, -0.25) is 14.6 Å². The maximum absolute atomic E-state index is 4.32. The van der Waals surface area contributed by atoms with Gasteiger partial charge in [0, 0.05) is 25.1 Å². The fourth-order valence-electron chi connectivity index (χ4n) is 1.76. The molecule has 0 amide bonds. The van der Waals surface area contributed by atoms with E-state index in [4.69, 9.17) is 0 Å². The van der Waals surface area contributed by atoms with Gasteiger partial charge in [-0.15, -0.1) is 0 Å². The van der Waals surface area contributed by atoms with Crippen LogP contribution in [0.1, 0.15) is 24.4 Å². The molecule has 0 aliphatic carbocycles. The number of nitrogens with zero attached hydrogens (tertiary/aromatic N) is 4. The second-order valence-corrected chi connectivity index (χ2v) is 3.42. The van der Waals surface area contributed by atoms with Crippen LogP contribution in [0.2, 0.25) is 0 Å². The molecule has 2 rings (SSSR count). The molecule has 2 aromatic heterocycles. The van der Waals surface area contributed by atoms with Gasteiger partial charge in [0.25, 0.3) is 0 Å². The molecule has 0 fully saturated rings. The Labute approximate surface area is 94.5 Å². The number of nitrogens with one attached hydrogen (secondary N) is 1. The first-order valence-corrected chi connectivity index (χ1v) is 5.31. The minimum atomic E-state index is 0.0381. The second kappa shape index (κ2) is 4.85. The lowest BCUT2D eigenvalue weighted by Gasteiger charge is -2.16. The molecule has 0 spiro atoms. The molecule has 1 N–H and O–H groups in total. The van der Waals surface area contributed by atoms with Crippen LogP contribution in [0.5, 0.6) is 0 Å². The Kier molecular flexibility index (Phi) is 3.26. The van der Waals surface area contributed by atoms with Crippen molar-refractivity contribution in [3.05, 3.63) is 42.2 Å². The van der Waals surface area contributed by atoms with Crippen LogP contribution in [-0.2, 0) is 6.54 Å². The van der Waals surface area contributed by atoms with E-state index in [2.05, 4.69) is 27.3 Å². The Morgan fingerprint density at radius 2 is 2.25 bits per heavy atom. The van der Waals surface area contributed by atoms with Gasteiger partial charge >= 0.3 is 0 Å². The summed E-state index contributed by atoms with van der Waals surface area (Å²) in [5.41, 5.74) is 2.01. The average molecular weight is 217 g/mol. The maximum Gasteiger partial charge on any atom is 0.0935 e. The van der Waals surface area contributed by atoms with E-state index < -0.39 is 0 Å². The van der Waals surface area contributed by atoms with Crippen LogP contribution in [0.25, 0.3) is 0 Å².